The molecule has 3 nitrogen and oxygen atoms in total. The van der Waals surface area contributed by atoms with Crippen LogP contribution in [0.1, 0.15) is 23.3 Å². The average Bonchev–Trinajstić information content (AvgIpc) is 3.08. The minimum Gasteiger partial charge on any atom is -0.467 e. The van der Waals surface area contributed by atoms with Crippen molar-refractivity contribution in [2.75, 3.05) is 6.61 Å². The number of carbonyl (C=O) groups excluding carboxylic acids is 1. The molecule has 2 heterocycles. The molecule has 0 saturated carbocycles. The van der Waals surface area contributed by atoms with Gasteiger partial charge in [0.2, 0.25) is 0 Å². The van der Waals surface area contributed by atoms with Crippen LogP contribution in [0.3, 0.4) is 0 Å². The largest absolute Gasteiger partial charge is 0.467 e. The number of rotatable bonds is 3. The Morgan fingerprint density at radius 1 is 1.11 bits per heavy atom. The molecular formula is C15H14O3. The maximum atomic E-state index is 11.4. The normalized spacial score (nSPS) is 27.2. The van der Waals surface area contributed by atoms with E-state index in [1.807, 2.05) is 42.5 Å². The van der Waals surface area contributed by atoms with Crippen LogP contribution in [0.2, 0.25) is 0 Å². The Kier molecular flexibility index (Phi) is 2.99. The summed E-state index contributed by atoms with van der Waals surface area (Å²) >= 11 is 0. The van der Waals surface area contributed by atoms with Crippen LogP contribution in [0.25, 0.3) is 0 Å². The number of carbonyl (C=O) groups is 1. The summed E-state index contributed by atoms with van der Waals surface area (Å²) in [5.74, 6) is 0.655. The maximum Gasteiger partial charge on any atom is 0.133 e. The Hall–Kier alpha value is -1.87. The lowest BCUT2D eigenvalue weighted by molar-refractivity contribution is -0.113. The minimum atomic E-state index is -0.261. The Morgan fingerprint density at radius 2 is 1.94 bits per heavy atom. The van der Waals surface area contributed by atoms with Gasteiger partial charge in [0, 0.05) is 5.92 Å². The van der Waals surface area contributed by atoms with Crippen molar-refractivity contribution >= 4 is 6.29 Å². The van der Waals surface area contributed by atoms with Gasteiger partial charge in [0.05, 0.1) is 18.8 Å². The second-order valence-corrected chi connectivity index (χ2v) is 4.50. The summed E-state index contributed by atoms with van der Waals surface area (Å²) in [6.45, 7) is 0.554. The predicted octanol–water partition coefficient (Wildman–Crippen LogP) is 2.95. The highest BCUT2D eigenvalue weighted by atomic mass is 16.5. The van der Waals surface area contributed by atoms with Crippen molar-refractivity contribution < 1.29 is 13.9 Å². The lowest BCUT2D eigenvalue weighted by Crippen LogP contribution is -2.14. The molecule has 0 radical (unpaired) electrons. The molecule has 2 aromatic rings. The molecule has 3 heteroatoms. The van der Waals surface area contributed by atoms with E-state index < -0.39 is 0 Å². The summed E-state index contributed by atoms with van der Waals surface area (Å²) < 4.78 is 11.1. The van der Waals surface area contributed by atoms with Gasteiger partial charge < -0.3 is 13.9 Å². The van der Waals surface area contributed by atoms with Crippen LogP contribution in [-0.4, -0.2) is 12.9 Å². The fraction of sp³-hybridized carbons (Fsp3) is 0.267. The van der Waals surface area contributed by atoms with E-state index in [0.717, 1.165) is 17.6 Å². The Balaban J connectivity index is 1.89. The van der Waals surface area contributed by atoms with Gasteiger partial charge in [-0.1, -0.05) is 30.3 Å². The van der Waals surface area contributed by atoms with Crippen LogP contribution in [0.15, 0.2) is 53.1 Å². The molecule has 1 aliphatic heterocycles. The number of benzene rings is 1. The lowest BCUT2D eigenvalue weighted by Gasteiger charge is -2.15. The second kappa shape index (κ2) is 4.78. The summed E-state index contributed by atoms with van der Waals surface area (Å²) in [6, 6.07) is 13.7. The summed E-state index contributed by atoms with van der Waals surface area (Å²) in [5.41, 5.74) is 1.14. The molecule has 0 aliphatic carbocycles. The van der Waals surface area contributed by atoms with Gasteiger partial charge in [0.15, 0.2) is 0 Å². The SMILES string of the molecule is O=C[C@@H]1[C@@H](c2ccccc2)CO[C@@H]1c1ccco1. The Bertz CT molecular complexity index is 504. The zero-order valence-corrected chi connectivity index (χ0v) is 9.86. The van der Waals surface area contributed by atoms with Crippen LogP contribution < -0.4 is 0 Å². The van der Waals surface area contributed by atoms with Gasteiger partial charge in [0.25, 0.3) is 0 Å². The molecule has 18 heavy (non-hydrogen) atoms. The van der Waals surface area contributed by atoms with Crippen molar-refractivity contribution in [2.45, 2.75) is 12.0 Å². The first-order valence-electron chi connectivity index (χ1n) is 6.05. The third-order valence-corrected chi connectivity index (χ3v) is 3.48. The standard InChI is InChI=1S/C15H14O3/c16-9-12-13(11-5-2-1-3-6-11)10-18-15(12)14-7-4-8-17-14/h1-9,12-13,15H,10H2/t12-,13-,15+/m1/s1. The monoisotopic (exact) mass is 242 g/mol. The van der Waals surface area contributed by atoms with Gasteiger partial charge in [-0.25, -0.2) is 0 Å². The molecule has 0 amide bonds. The molecular weight excluding hydrogens is 228 g/mol. The minimum absolute atomic E-state index is 0.110. The topological polar surface area (TPSA) is 39.4 Å². The molecule has 3 rings (SSSR count). The van der Waals surface area contributed by atoms with Gasteiger partial charge in [0.1, 0.15) is 18.2 Å². The average molecular weight is 242 g/mol. The molecule has 0 N–H and O–H groups in total. The molecule has 0 bridgehead atoms. The first-order chi connectivity index (χ1) is 8.90. The number of hydrogen-bond acceptors (Lipinski definition) is 3. The van der Waals surface area contributed by atoms with Crippen LogP contribution >= 0.6 is 0 Å². The van der Waals surface area contributed by atoms with Crippen LogP contribution in [0, 0.1) is 5.92 Å². The summed E-state index contributed by atoms with van der Waals surface area (Å²) in [6.07, 6.45) is 2.33. The van der Waals surface area contributed by atoms with Gasteiger partial charge in [-0.3, -0.25) is 0 Å². The maximum absolute atomic E-state index is 11.4. The van der Waals surface area contributed by atoms with E-state index in [4.69, 9.17) is 9.15 Å². The lowest BCUT2D eigenvalue weighted by atomic mass is 9.86. The quantitative estimate of drug-likeness (QED) is 0.777. The summed E-state index contributed by atoms with van der Waals surface area (Å²) in [7, 11) is 0. The van der Waals surface area contributed by atoms with Crippen molar-refractivity contribution in [2.24, 2.45) is 5.92 Å². The Morgan fingerprint density at radius 3 is 2.61 bits per heavy atom. The second-order valence-electron chi connectivity index (χ2n) is 4.50. The van der Waals surface area contributed by atoms with E-state index >= 15 is 0 Å². The first kappa shape index (κ1) is 11.2. The zero-order valence-electron chi connectivity index (χ0n) is 9.86. The molecule has 0 unspecified atom stereocenters. The first-order valence-corrected chi connectivity index (χ1v) is 6.05. The van der Waals surface area contributed by atoms with Crippen molar-refractivity contribution in [3.05, 3.63) is 60.1 Å². The van der Waals surface area contributed by atoms with Gasteiger partial charge >= 0.3 is 0 Å². The zero-order chi connectivity index (χ0) is 12.4. The van der Waals surface area contributed by atoms with E-state index in [2.05, 4.69) is 0 Å². The third kappa shape index (κ3) is 1.87. The summed E-state index contributed by atoms with van der Waals surface area (Å²) in [5, 5.41) is 0. The molecule has 1 fully saturated rings. The number of hydrogen-bond donors (Lipinski definition) is 0. The predicted molar refractivity (Wildman–Crippen MR) is 66.1 cm³/mol. The number of furan rings is 1. The molecule has 1 saturated heterocycles. The highest BCUT2D eigenvalue weighted by molar-refractivity contribution is 5.58. The fourth-order valence-electron chi connectivity index (χ4n) is 2.55. The van der Waals surface area contributed by atoms with Crippen molar-refractivity contribution in [1.82, 2.24) is 0 Å². The van der Waals surface area contributed by atoms with E-state index in [0.29, 0.717) is 6.61 Å². The van der Waals surface area contributed by atoms with Crippen molar-refractivity contribution in [1.29, 1.82) is 0 Å². The highest BCUT2D eigenvalue weighted by Crippen LogP contribution is 2.42. The molecule has 0 spiro atoms. The van der Waals surface area contributed by atoms with E-state index in [1.54, 1.807) is 6.26 Å². The van der Waals surface area contributed by atoms with Gasteiger partial charge in [-0.05, 0) is 17.7 Å². The third-order valence-electron chi connectivity index (χ3n) is 3.48. The van der Waals surface area contributed by atoms with E-state index in [1.165, 1.54) is 0 Å². The highest BCUT2D eigenvalue weighted by Gasteiger charge is 2.40. The summed E-state index contributed by atoms with van der Waals surface area (Å²) in [4.78, 5) is 11.4. The Labute approximate surface area is 105 Å². The number of aldehydes is 1. The van der Waals surface area contributed by atoms with Crippen LogP contribution in [0.4, 0.5) is 0 Å². The molecule has 1 aromatic carbocycles. The van der Waals surface area contributed by atoms with Crippen molar-refractivity contribution in [3.8, 4) is 0 Å². The van der Waals surface area contributed by atoms with Gasteiger partial charge in [-0.2, -0.15) is 0 Å². The molecule has 3 atom stereocenters. The van der Waals surface area contributed by atoms with Crippen LogP contribution in [0.5, 0.6) is 0 Å². The fourth-order valence-corrected chi connectivity index (χ4v) is 2.55. The van der Waals surface area contributed by atoms with E-state index in [9.17, 15) is 4.79 Å². The number of ether oxygens (including phenoxy) is 1. The molecule has 92 valence electrons. The molecule has 1 aromatic heterocycles. The smallest absolute Gasteiger partial charge is 0.133 e. The van der Waals surface area contributed by atoms with Gasteiger partial charge in [-0.15, -0.1) is 0 Å². The molecule has 1 aliphatic rings. The van der Waals surface area contributed by atoms with E-state index in [-0.39, 0.29) is 17.9 Å². The van der Waals surface area contributed by atoms with Crippen LogP contribution in [-0.2, 0) is 9.53 Å². The van der Waals surface area contributed by atoms with Crippen molar-refractivity contribution in [3.63, 3.8) is 0 Å².